The Hall–Kier alpha value is -2.34. The Morgan fingerprint density at radius 3 is 2.63 bits per heavy atom. The van der Waals surface area contributed by atoms with Crippen molar-refractivity contribution in [2.45, 2.75) is 25.4 Å². The second kappa shape index (κ2) is 8.57. The van der Waals surface area contributed by atoms with Crippen molar-refractivity contribution in [3.05, 3.63) is 70.8 Å². The molecule has 1 fully saturated rings. The molecule has 1 aliphatic rings. The van der Waals surface area contributed by atoms with Crippen molar-refractivity contribution in [2.24, 2.45) is 5.92 Å². The second-order valence-electron chi connectivity index (χ2n) is 6.97. The van der Waals surface area contributed by atoms with Crippen molar-refractivity contribution in [1.82, 2.24) is 10.6 Å². The fourth-order valence-electron chi connectivity index (χ4n) is 3.39. The number of halogens is 3. The number of hydrogen-bond acceptors (Lipinski definition) is 2. The van der Waals surface area contributed by atoms with Crippen LogP contribution >= 0.6 is 0 Å². The number of alkyl halides is 3. The van der Waals surface area contributed by atoms with Gasteiger partial charge in [-0.25, -0.2) is 0 Å². The van der Waals surface area contributed by atoms with E-state index in [0.717, 1.165) is 43.6 Å². The Balaban J connectivity index is 1.53. The number of benzene rings is 2. The van der Waals surface area contributed by atoms with E-state index < -0.39 is 11.7 Å². The Kier molecular flexibility index (Phi) is 6.16. The molecule has 6 heteroatoms. The summed E-state index contributed by atoms with van der Waals surface area (Å²) in [6, 6.07) is 12.8. The first-order valence-electron chi connectivity index (χ1n) is 9.16. The molecule has 1 atom stereocenters. The molecular weight excluding hydrogens is 353 g/mol. The van der Waals surface area contributed by atoms with Crippen LogP contribution in [0, 0.1) is 5.92 Å². The Bertz CT molecular complexity index is 783. The van der Waals surface area contributed by atoms with Gasteiger partial charge in [0, 0.05) is 12.1 Å². The molecule has 2 aromatic carbocycles. The predicted octanol–water partition coefficient (Wildman–Crippen LogP) is 3.83. The maximum atomic E-state index is 12.7. The van der Waals surface area contributed by atoms with Crippen LogP contribution in [-0.4, -0.2) is 25.5 Å². The lowest BCUT2D eigenvalue weighted by molar-refractivity contribution is -0.137. The summed E-state index contributed by atoms with van der Waals surface area (Å²) < 4.78 is 38.2. The zero-order valence-electron chi connectivity index (χ0n) is 15.0. The van der Waals surface area contributed by atoms with E-state index >= 15 is 0 Å². The lowest BCUT2D eigenvalue weighted by atomic mass is 9.97. The monoisotopic (exact) mass is 376 g/mol. The van der Waals surface area contributed by atoms with E-state index in [4.69, 9.17) is 0 Å². The molecule has 1 saturated heterocycles. The first-order valence-corrected chi connectivity index (χ1v) is 9.16. The maximum Gasteiger partial charge on any atom is 0.416 e. The van der Waals surface area contributed by atoms with Gasteiger partial charge in [-0.05, 0) is 67.6 Å². The van der Waals surface area contributed by atoms with E-state index in [0.29, 0.717) is 23.5 Å². The zero-order chi connectivity index (χ0) is 19.3. The smallest absolute Gasteiger partial charge is 0.352 e. The van der Waals surface area contributed by atoms with E-state index in [-0.39, 0.29) is 12.5 Å². The quantitative estimate of drug-likeness (QED) is 0.805. The van der Waals surface area contributed by atoms with E-state index in [2.05, 4.69) is 10.6 Å². The summed E-state index contributed by atoms with van der Waals surface area (Å²) >= 11 is 0. The highest BCUT2D eigenvalue weighted by Gasteiger charge is 2.30. The number of hydrogen-bond donors (Lipinski definition) is 2. The molecule has 0 bridgehead atoms. The van der Waals surface area contributed by atoms with Crippen LogP contribution in [-0.2, 0) is 19.0 Å². The zero-order valence-corrected chi connectivity index (χ0v) is 15.0. The molecule has 0 radical (unpaired) electrons. The number of carbonyl (C=O) groups is 1. The highest BCUT2D eigenvalue weighted by atomic mass is 19.4. The minimum Gasteiger partial charge on any atom is -0.352 e. The third-order valence-electron chi connectivity index (χ3n) is 4.83. The predicted molar refractivity (Wildman–Crippen MR) is 98.6 cm³/mol. The second-order valence-corrected chi connectivity index (χ2v) is 6.97. The van der Waals surface area contributed by atoms with Crippen molar-refractivity contribution < 1.29 is 18.0 Å². The Labute approximate surface area is 157 Å². The fraction of sp³-hybridized carbons (Fsp3) is 0.381. The van der Waals surface area contributed by atoms with E-state index in [9.17, 15) is 18.0 Å². The summed E-state index contributed by atoms with van der Waals surface area (Å²) in [5.74, 6) is 0.401. The molecule has 0 spiro atoms. The van der Waals surface area contributed by atoms with Gasteiger partial charge in [-0.3, -0.25) is 4.79 Å². The van der Waals surface area contributed by atoms with Gasteiger partial charge in [-0.1, -0.05) is 30.3 Å². The maximum absolute atomic E-state index is 12.7. The lowest BCUT2D eigenvalue weighted by Gasteiger charge is -2.11. The summed E-state index contributed by atoms with van der Waals surface area (Å²) in [4.78, 5) is 12.3. The van der Waals surface area contributed by atoms with Crippen molar-refractivity contribution in [2.75, 3.05) is 19.6 Å². The minimum atomic E-state index is -4.35. The summed E-state index contributed by atoms with van der Waals surface area (Å²) in [7, 11) is 0. The standard InChI is InChI=1S/C21H23F3N2O/c22-21(23,24)19-6-2-3-15(13-19)8-10-26-20(27)18-5-1-4-16(12-18)11-17-7-9-25-14-17/h1-6,12-13,17,25H,7-11,14H2,(H,26,27). The molecule has 0 saturated carbocycles. The number of rotatable bonds is 6. The van der Waals surface area contributed by atoms with E-state index in [1.54, 1.807) is 12.1 Å². The van der Waals surface area contributed by atoms with Crippen LogP contribution in [0.5, 0.6) is 0 Å². The van der Waals surface area contributed by atoms with Gasteiger partial charge in [0.15, 0.2) is 0 Å². The number of amides is 1. The summed E-state index contributed by atoms with van der Waals surface area (Å²) in [5.41, 5.74) is 1.60. The molecule has 1 unspecified atom stereocenters. The fourth-order valence-corrected chi connectivity index (χ4v) is 3.39. The largest absolute Gasteiger partial charge is 0.416 e. The van der Waals surface area contributed by atoms with E-state index in [1.807, 2.05) is 18.2 Å². The molecule has 1 aliphatic heterocycles. The molecule has 1 amide bonds. The van der Waals surface area contributed by atoms with Gasteiger partial charge in [-0.15, -0.1) is 0 Å². The third kappa shape index (κ3) is 5.57. The lowest BCUT2D eigenvalue weighted by Crippen LogP contribution is -2.26. The van der Waals surface area contributed by atoms with Gasteiger partial charge in [0.1, 0.15) is 0 Å². The number of carbonyl (C=O) groups excluding carboxylic acids is 1. The SMILES string of the molecule is O=C(NCCc1cccc(C(F)(F)F)c1)c1cccc(CC2CCNC2)c1. The molecule has 2 N–H and O–H groups in total. The molecule has 3 nitrogen and oxygen atoms in total. The van der Waals surface area contributed by atoms with Gasteiger partial charge in [0.2, 0.25) is 0 Å². The van der Waals surface area contributed by atoms with Crippen LogP contribution in [0.2, 0.25) is 0 Å². The average molecular weight is 376 g/mol. The van der Waals surface area contributed by atoms with Crippen LogP contribution in [0.1, 0.15) is 33.5 Å². The van der Waals surface area contributed by atoms with Gasteiger partial charge < -0.3 is 10.6 Å². The summed E-state index contributed by atoms with van der Waals surface area (Å²) in [5, 5.41) is 6.13. The first-order chi connectivity index (χ1) is 12.9. The topological polar surface area (TPSA) is 41.1 Å². The van der Waals surface area contributed by atoms with Crippen molar-refractivity contribution >= 4 is 5.91 Å². The molecule has 27 heavy (non-hydrogen) atoms. The third-order valence-corrected chi connectivity index (χ3v) is 4.83. The molecule has 3 rings (SSSR count). The summed E-state index contributed by atoms with van der Waals surface area (Å²) in [6.45, 7) is 2.34. The van der Waals surface area contributed by atoms with Crippen molar-refractivity contribution in [3.63, 3.8) is 0 Å². The van der Waals surface area contributed by atoms with Crippen molar-refractivity contribution in [1.29, 1.82) is 0 Å². The van der Waals surface area contributed by atoms with Gasteiger partial charge >= 0.3 is 6.18 Å². The highest BCUT2D eigenvalue weighted by molar-refractivity contribution is 5.94. The molecule has 2 aromatic rings. The van der Waals surface area contributed by atoms with E-state index in [1.165, 1.54) is 6.07 Å². The van der Waals surface area contributed by atoms with Crippen LogP contribution in [0.4, 0.5) is 13.2 Å². The minimum absolute atomic E-state index is 0.201. The van der Waals surface area contributed by atoms with Crippen LogP contribution < -0.4 is 10.6 Å². The van der Waals surface area contributed by atoms with Crippen LogP contribution in [0.15, 0.2) is 48.5 Å². The Morgan fingerprint density at radius 2 is 1.89 bits per heavy atom. The normalized spacial score (nSPS) is 17.1. The highest BCUT2D eigenvalue weighted by Crippen LogP contribution is 2.29. The van der Waals surface area contributed by atoms with Crippen molar-refractivity contribution in [3.8, 4) is 0 Å². The average Bonchev–Trinajstić information content (AvgIpc) is 3.14. The van der Waals surface area contributed by atoms with Crippen LogP contribution in [0.25, 0.3) is 0 Å². The molecule has 0 aliphatic carbocycles. The molecule has 144 valence electrons. The Morgan fingerprint density at radius 1 is 1.11 bits per heavy atom. The van der Waals surface area contributed by atoms with Gasteiger partial charge in [-0.2, -0.15) is 13.2 Å². The first kappa shape index (κ1) is 19.4. The number of nitrogens with one attached hydrogen (secondary N) is 2. The molecular formula is C21H23F3N2O. The van der Waals surface area contributed by atoms with Crippen LogP contribution in [0.3, 0.4) is 0 Å². The van der Waals surface area contributed by atoms with Gasteiger partial charge in [0.05, 0.1) is 5.56 Å². The molecule has 0 aromatic heterocycles. The molecule has 1 heterocycles. The summed E-state index contributed by atoms with van der Waals surface area (Å²) in [6.07, 6.45) is -1.91. The van der Waals surface area contributed by atoms with Gasteiger partial charge in [0.25, 0.3) is 5.91 Å².